The van der Waals surface area contributed by atoms with Gasteiger partial charge in [-0.25, -0.2) is 0 Å². The number of likely N-dealkylation sites (tertiary alicyclic amines) is 1. The van der Waals surface area contributed by atoms with Crippen LogP contribution in [0.2, 0.25) is 5.02 Å². The van der Waals surface area contributed by atoms with Crippen molar-refractivity contribution in [2.24, 2.45) is 5.92 Å². The number of hydrogen-bond donors (Lipinski definition) is 0. The molecule has 1 fully saturated rings. The first-order chi connectivity index (χ1) is 17.4. The van der Waals surface area contributed by atoms with Crippen molar-refractivity contribution in [1.82, 2.24) is 9.47 Å². The highest BCUT2D eigenvalue weighted by molar-refractivity contribution is 6.31. The summed E-state index contributed by atoms with van der Waals surface area (Å²) in [4.78, 5) is 26.6. The van der Waals surface area contributed by atoms with Gasteiger partial charge in [0.25, 0.3) is 0 Å². The minimum Gasteiger partial charge on any atom is -0.338 e. The molecular weight excluding hydrogens is 468 g/mol. The zero-order valence-electron chi connectivity index (χ0n) is 20.4. The molecule has 5 rings (SSSR count). The van der Waals surface area contributed by atoms with Gasteiger partial charge in [0, 0.05) is 52.6 Å². The summed E-state index contributed by atoms with van der Waals surface area (Å²) in [7, 11) is 0. The summed E-state index contributed by atoms with van der Waals surface area (Å²) in [6.07, 6.45) is 2.62. The van der Waals surface area contributed by atoms with E-state index in [2.05, 4.69) is 66.6 Å². The van der Waals surface area contributed by atoms with Crippen LogP contribution in [0.3, 0.4) is 0 Å². The molecule has 1 aliphatic heterocycles. The Morgan fingerprint density at radius 3 is 2.50 bits per heavy atom. The van der Waals surface area contributed by atoms with Crippen LogP contribution in [0, 0.1) is 12.8 Å². The standard InChI is InChI=1S/C31H29ClN2O2/c1-3-30(36)33-18-23(19-33)16-26(35)20-34-21(2)31(28-17-25(32)13-14-29(28)34)27-12-8-7-11-24(27)15-22-9-5-4-6-10-22/h3-14,17,23H,1,15-16,18-20H2,2H3. The van der Waals surface area contributed by atoms with E-state index in [0.29, 0.717) is 31.1 Å². The summed E-state index contributed by atoms with van der Waals surface area (Å²) in [5, 5.41) is 1.73. The molecule has 0 saturated carbocycles. The first-order valence-electron chi connectivity index (χ1n) is 12.3. The van der Waals surface area contributed by atoms with Crippen LogP contribution < -0.4 is 0 Å². The summed E-state index contributed by atoms with van der Waals surface area (Å²) in [6.45, 7) is 7.17. The molecule has 36 heavy (non-hydrogen) atoms. The highest BCUT2D eigenvalue weighted by atomic mass is 35.5. The number of Topliss-reactive ketones (excluding diaryl/α,β-unsaturated/α-hetero) is 1. The molecule has 0 spiro atoms. The van der Waals surface area contributed by atoms with Gasteiger partial charge in [0.1, 0.15) is 0 Å². The highest BCUT2D eigenvalue weighted by Crippen LogP contribution is 2.38. The van der Waals surface area contributed by atoms with Crippen LogP contribution >= 0.6 is 11.6 Å². The van der Waals surface area contributed by atoms with Crippen molar-refractivity contribution in [1.29, 1.82) is 0 Å². The van der Waals surface area contributed by atoms with Gasteiger partial charge in [0.05, 0.1) is 6.54 Å². The van der Waals surface area contributed by atoms with Crippen molar-refractivity contribution in [2.75, 3.05) is 13.1 Å². The average Bonchev–Trinajstić information content (AvgIpc) is 3.11. The molecule has 0 bridgehead atoms. The topological polar surface area (TPSA) is 42.3 Å². The van der Waals surface area contributed by atoms with Crippen LogP contribution in [0.4, 0.5) is 0 Å². The zero-order valence-corrected chi connectivity index (χ0v) is 21.2. The zero-order chi connectivity index (χ0) is 25.2. The summed E-state index contributed by atoms with van der Waals surface area (Å²) in [5.74, 6) is 0.315. The lowest BCUT2D eigenvalue weighted by molar-refractivity contribution is -0.134. The quantitative estimate of drug-likeness (QED) is 0.262. The number of nitrogens with zero attached hydrogens (tertiary/aromatic N) is 2. The SMILES string of the molecule is C=CC(=O)N1CC(CC(=O)Cn2c(C)c(-c3ccccc3Cc3ccccc3)c3cc(Cl)ccc32)C1. The Morgan fingerprint density at radius 2 is 1.75 bits per heavy atom. The van der Waals surface area contributed by atoms with Crippen LogP contribution in [0.1, 0.15) is 23.2 Å². The van der Waals surface area contributed by atoms with Crippen molar-refractivity contribution in [3.63, 3.8) is 0 Å². The average molecular weight is 497 g/mol. The minimum absolute atomic E-state index is 0.0679. The summed E-state index contributed by atoms with van der Waals surface area (Å²) in [5.41, 5.74) is 6.83. The third-order valence-electron chi connectivity index (χ3n) is 7.10. The molecule has 0 radical (unpaired) electrons. The molecule has 1 aliphatic rings. The second-order valence-corrected chi connectivity index (χ2v) is 10.0. The summed E-state index contributed by atoms with van der Waals surface area (Å²) < 4.78 is 2.12. The van der Waals surface area contributed by atoms with E-state index in [4.69, 9.17) is 11.6 Å². The number of hydrogen-bond acceptors (Lipinski definition) is 2. The molecule has 1 aromatic heterocycles. The largest absolute Gasteiger partial charge is 0.338 e. The molecule has 182 valence electrons. The van der Waals surface area contributed by atoms with Crippen molar-refractivity contribution in [3.05, 3.63) is 107 Å². The maximum absolute atomic E-state index is 13.1. The van der Waals surface area contributed by atoms with Crippen LogP contribution in [0.25, 0.3) is 22.0 Å². The number of rotatable bonds is 8. The van der Waals surface area contributed by atoms with E-state index in [1.807, 2.05) is 24.3 Å². The van der Waals surface area contributed by atoms with Crippen LogP contribution in [-0.4, -0.2) is 34.2 Å². The van der Waals surface area contributed by atoms with Gasteiger partial charge in [-0.1, -0.05) is 72.8 Å². The number of carbonyl (C=O) groups excluding carboxylic acids is 2. The fraction of sp³-hybridized carbons (Fsp3) is 0.226. The van der Waals surface area contributed by atoms with E-state index in [0.717, 1.165) is 34.1 Å². The number of fused-ring (bicyclic) bond motifs is 1. The van der Waals surface area contributed by atoms with Crippen molar-refractivity contribution in [3.8, 4) is 11.1 Å². The molecule has 3 aromatic carbocycles. The number of amides is 1. The predicted molar refractivity (Wildman–Crippen MR) is 146 cm³/mol. The van der Waals surface area contributed by atoms with Gasteiger partial charge in [-0.15, -0.1) is 0 Å². The second-order valence-electron chi connectivity index (χ2n) is 9.58. The highest BCUT2D eigenvalue weighted by Gasteiger charge is 2.31. The Labute approximate surface area is 216 Å². The molecule has 4 nitrogen and oxygen atoms in total. The smallest absolute Gasteiger partial charge is 0.245 e. The first-order valence-corrected chi connectivity index (χ1v) is 12.7. The molecule has 5 heteroatoms. The number of benzene rings is 3. The maximum Gasteiger partial charge on any atom is 0.245 e. The van der Waals surface area contributed by atoms with Gasteiger partial charge in [0.15, 0.2) is 5.78 Å². The molecule has 0 aliphatic carbocycles. The van der Waals surface area contributed by atoms with Crippen LogP contribution in [0.15, 0.2) is 85.5 Å². The number of ketones is 1. The Bertz CT molecular complexity index is 1450. The van der Waals surface area contributed by atoms with E-state index in [1.165, 1.54) is 17.2 Å². The summed E-state index contributed by atoms with van der Waals surface area (Å²) in [6, 6.07) is 24.8. The second kappa shape index (κ2) is 10.2. The first kappa shape index (κ1) is 24.1. The Kier molecular flexibility index (Phi) is 6.80. The Balaban J connectivity index is 1.47. The minimum atomic E-state index is -0.0679. The molecular formula is C31H29ClN2O2. The Hall–Kier alpha value is -3.63. The molecule has 1 amide bonds. The fourth-order valence-corrected chi connectivity index (χ4v) is 5.48. The number of carbonyl (C=O) groups is 2. The number of aromatic nitrogens is 1. The lowest BCUT2D eigenvalue weighted by Gasteiger charge is -2.38. The van der Waals surface area contributed by atoms with E-state index < -0.39 is 0 Å². The lowest BCUT2D eigenvalue weighted by Crippen LogP contribution is -2.50. The molecule has 0 atom stereocenters. The predicted octanol–water partition coefficient (Wildman–Crippen LogP) is 6.46. The third-order valence-corrected chi connectivity index (χ3v) is 7.34. The Morgan fingerprint density at radius 1 is 1.03 bits per heavy atom. The van der Waals surface area contributed by atoms with Crippen molar-refractivity contribution >= 4 is 34.2 Å². The molecule has 4 aromatic rings. The van der Waals surface area contributed by atoms with Gasteiger partial charge in [-0.2, -0.15) is 0 Å². The lowest BCUT2D eigenvalue weighted by atomic mass is 9.93. The maximum atomic E-state index is 13.1. The van der Waals surface area contributed by atoms with Crippen LogP contribution in [-0.2, 0) is 22.6 Å². The van der Waals surface area contributed by atoms with Gasteiger partial charge >= 0.3 is 0 Å². The van der Waals surface area contributed by atoms with Crippen LogP contribution in [0.5, 0.6) is 0 Å². The van der Waals surface area contributed by atoms with Gasteiger partial charge < -0.3 is 9.47 Å². The van der Waals surface area contributed by atoms with Crippen molar-refractivity contribution in [2.45, 2.75) is 26.3 Å². The van der Waals surface area contributed by atoms with Gasteiger partial charge in [0.2, 0.25) is 5.91 Å². The van der Waals surface area contributed by atoms with E-state index in [1.54, 1.807) is 4.90 Å². The monoisotopic (exact) mass is 496 g/mol. The normalized spacial score (nSPS) is 13.6. The molecule has 2 heterocycles. The van der Waals surface area contributed by atoms with E-state index >= 15 is 0 Å². The van der Waals surface area contributed by atoms with Crippen molar-refractivity contribution < 1.29 is 9.59 Å². The molecule has 0 N–H and O–H groups in total. The summed E-state index contributed by atoms with van der Waals surface area (Å²) >= 11 is 6.45. The fourth-order valence-electron chi connectivity index (χ4n) is 5.30. The van der Waals surface area contributed by atoms with Gasteiger partial charge in [-0.3, -0.25) is 9.59 Å². The molecule has 0 unspecified atom stereocenters. The van der Waals surface area contributed by atoms with E-state index in [-0.39, 0.29) is 17.6 Å². The van der Waals surface area contributed by atoms with Gasteiger partial charge in [-0.05, 0) is 54.3 Å². The number of halogens is 1. The third kappa shape index (κ3) is 4.74. The molecule has 1 saturated heterocycles. The van der Waals surface area contributed by atoms with E-state index in [9.17, 15) is 9.59 Å².